The molecule has 0 saturated heterocycles. The van der Waals surface area contributed by atoms with Crippen LogP contribution in [0.4, 0.5) is 0 Å². The van der Waals surface area contributed by atoms with Crippen molar-refractivity contribution in [3.8, 4) is 0 Å². The molecule has 0 rings (SSSR count). The van der Waals surface area contributed by atoms with E-state index in [1.54, 1.807) is 4.90 Å². The fourth-order valence-corrected chi connectivity index (χ4v) is 2.01. The lowest BCUT2D eigenvalue weighted by Crippen LogP contribution is -2.38. The van der Waals surface area contributed by atoms with Gasteiger partial charge in [-0.3, -0.25) is 4.79 Å². The second kappa shape index (κ2) is 7.62. The van der Waals surface area contributed by atoms with Crippen LogP contribution in [0.15, 0.2) is 0 Å². The summed E-state index contributed by atoms with van der Waals surface area (Å²) in [7, 11) is -2.89. The predicted molar refractivity (Wildman–Crippen MR) is 65.1 cm³/mol. The summed E-state index contributed by atoms with van der Waals surface area (Å²) in [5, 5.41) is 2.95. The molecular weight excluding hydrogens is 228 g/mol. The minimum atomic E-state index is -2.89. The quantitative estimate of drug-likeness (QED) is 0.610. The van der Waals surface area contributed by atoms with Crippen LogP contribution in [0.2, 0.25) is 0 Å². The van der Waals surface area contributed by atoms with Gasteiger partial charge in [0.25, 0.3) is 0 Å². The van der Waals surface area contributed by atoms with E-state index in [0.29, 0.717) is 26.1 Å². The van der Waals surface area contributed by atoms with Gasteiger partial charge in [-0.15, -0.1) is 0 Å². The van der Waals surface area contributed by atoms with Crippen LogP contribution in [-0.4, -0.2) is 57.4 Å². The van der Waals surface area contributed by atoms with E-state index in [4.69, 9.17) is 0 Å². The number of sulfone groups is 1. The van der Waals surface area contributed by atoms with Crippen molar-refractivity contribution in [2.45, 2.75) is 20.3 Å². The summed E-state index contributed by atoms with van der Waals surface area (Å²) in [6, 6.07) is 0. The van der Waals surface area contributed by atoms with Gasteiger partial charge in [0.15, 0.2) is 0 Å². The molecule has 0 saturated carbocycles. The molecule has 0 aromatic rings. The lowest BCUT2D eigenvalue weighted by molar-refractivity contribution is -0.129. The predicted octanol–water partition coefficient (Wildman–Crippen LogP) is -0.121. The lowest BCUT2D eigenvalue weighted by atomic mass is 10.4. The van der Waals surface area contributed by atoms with Crippen molar-refractivity contribution >= 4 is 15.7 Å². The third-order valence-electron chi connectivity index (χ3n) is 2.26. The molecule has 0 aliphatic heterocycles. The van der Waals surface area contributed by atoms with Crippen LogP contribution in [-0.2, 0) is 14.6 Å². The van der Waals surface area contributed by atoms with Crippen molar-refractivity contribution in [1.82, 2.24) is 10.2 Å². The van der Waals surface area contributed by atoms with Gasteiger partial charge in [-0.2, -0.15) is 0 Å². The molecule has 0 radical (unpaired) electrons. The van der Waals surface area contributed by atoms with Crippen LogP contribution in [0.5, 0.6) is 0 Å². The van der Waals surface area contributed by atoms with E-state index in [-0.39, 0.29) is 18.2 Å². The van der Waals surface area contributed by atoms with Gasteiger partial charge in [0.2, 0.25) is 5.91 Å². The molecule has 96 valence electrons. The Morgan fingerprint density at radius 3 is 2.25 bits per heavy atom. The largest absolute Gasteiger partial charge is 0.342 e. The second-order valence-corrected chi connectivity index (χ2v) is 5.99. The fraction of sp³-hybridized carbons (Fsp3) is 0.900. The number of carbonyl (C=O) groups is 1. The van der Waals surface area contributed by atoms with Crippen LogP contribution < -0.4 is 5.32 Å². The zero-order valence-corrected chi connectivity index (χ0v) is 11.1. The third-order valence-corrected chi connectivity index (χ3v) is 3.29. The number of hydrogen-bond donors (Lipinski definition) is 1. The van der Waals surface area contributed by atoms with Gasteiger partial charge in [0.05, 0.1) is 12.3 Å². The van der Waals surface area contributed by atoms with Gasteiger partial charge < -0.3 is 10.2 Å². The van der Waals surface area contributed by atoms with Gasteiger partial charge in [0, 0.05) is 19.3 Å². The third kappa shape index (κ3) is 7.64. The fourth-order valence-electron chi connectivity index (χ4n) is 1.34. The highest BCUT2D eigenvalue weighted by molar-refractivity contribution is 7.90. The highest BCUT2D eigenvalue weighted by Gasteiger charge is 2.08. The van der Waals surface area contributed by atoms with E-state index in [9.17, 15) is 13.2 Å². The van der Waals surface area contributed by atoms with Gasteiger partial charge in [0.1, 0.15) is 9.84 Å². The molecule has 0 aromatic heterocycles. The van der Waals surface area contributed by atoms with Crippen molar-refractivity contribution in [2.24, 2.45) is 0 Å². The Kier molecular flexibility index (Phi) is 7.33. The van der Waals surface area contributed by atoms with E-state index >= 15 is 0 Å². The van der Waals surface area contributed by atoms with Crippen LogP contribution >= 0.6 is 0 Å². The topological polar surface area (TPSA) is 66.5 Å². The molecule has 5 nitrogen and oxygen atoms in total. The minimum Gasteiger partial charge on any atom is -0.342 e. The molecule has 16 heavy (non-hydrogen) atoms. The number of likely N-dealkylation sites (N-methyl/N-ethyl adjacent to an activating group) is 1. The zero-order valence-electron chi connectivity index (χ0n) is 10.3. The number of carbonyl (C=O) groups excluding carboxylic acids is 1. The van der Waals surface area contributed by atoms with E-state index in [1.807, 2.05) is 13.8 Å². The summed E-state index contributed by atoms with van der Waals surface area (Å²) >= 11 is 0. The SMILES string of the molecule is CCN(CC)C(=O)CNCCCS(C)(=O)=O. The molecule has 0 aromatic carbocycles. The highest BCUT2D eigenvalue weighted by Crippen LogP contribution is 1.89. The molecule has 0 atom stereocenters. The maximum Gasteiger partial charge on any atom is 0.236 e. The first kappa shape index (κ1) is 15.4. The summed E-state index contributed by atoms with van der Waals surface area (Å²) in [5.41, 5.74) is 0. The Hall–Kier alpha value is -0.620. The minimum absolute atomic E-state index is 0.0596. The highest BCUT2D eigenvalue weighted by atomic mass is 32.2. The van der Waals surface area contributed by atoms with Gasteiger partial charge >= 0.3 is 0 Å². The van der Waals surface area contributed by atoms with Crippen LogP contribution in [0.1, 0.15) is 20.3 Å². The van der Waals surface area contributed by atoms with E-state index in [2.05, 4.69) is 5.32 Å². The van der Waals surface area contributed by atoms with Gasteiger partial charge in [-0.1, -0.05) is 0 Å². The molecule has 0 aliphatic carbocycles. The zero-order chi connectivity index (χ0) is 12.6. The van der Waals surface area contributed by atoms with Gasteiger partial charge in [-0.05, 0) is 26.8 Å². The number of nitrogens with one attached hydrogen (secondary N) is 1. The normalized spacial score (nSPS) is 11.4. The molecular formula is C10H22N2O3S. The molecule has 1 N–H and O–H groups in total. The van der Waals surface area contributed by atoms with Crippen molar-refractivity contribution in [1.29, 1.82) is 0 Å². The summed E-state index contributed by atoms with van der Waals surface area (Å²) in [4.78, 5) is 13.3. The summed E-state index contributed by atoms with van der Waals surface area (Å²) in [6.07, 6.45) is 1.76. The number of nitrogens with zero attached hydrogens (tertiary/aromatic N) is 1. The Bertz CT molecular complexity index is 297. The first-order valence-electron chi connectivity index (χ1n) is 5.57. The maximum atomic E-state index is 11.5. The monoisotopic (exact) mass is 250 g/mol. The van der Waals surface area contributed by atoms with Crippen LogP contribution in [0.25, 0.3) is 0 Å². The van der Waals surface area contributed by atoms with Gasteiger partial charge in [-0.25, -0.2) is 8.42 Å². The van der Waals surface area contributed by atoms with Crippen LogP contribution in [0, 0.1) is 0 Å². The number of hydrogen-bond acceptors (Lipinski definition) is 4. The molecule has 0 bridgehead atoms. The molecule has 0 spiro atoms. The molecule has 1 amide bonds. The molecule has 0 fully saturated rings. The average molecular weight is 250 g/mol. The van der Waals surface area contributed by atoms with Crippen molar-refractivity contribution < 1.29 is 13.2 Å². The van der Waals surface area contributed by atoms with Crippen LogP contribution in [0.3, 0.4) is 0 Å². The van der Waals surface area contributed by atoms with E-state index < -0.39 is 9.84 Å². The second-order valence-electron chi connectivity index (χ2n) is 3.73. The standard InChI is InChI=1S/C10H22N2O3S/c1-4-12(5-2)10(13)9-11-7-6-8-16(3,14)15/h11H,4-9H2,1-3H3. The first-order valence-corrected chi connectivity index (χ1v) is 7.63. The average Bonchev–Trinajstić information content (AvgIpc) is 2.17. The molecule has 6 heteroatoms. The van der Waals surface area contributed by atoms with Crippen molar-refractivity contribution in [2.75, 3.05) is 38.2 Å². The Labute approximate surface area is 98.1 Å². The smallest absolute Gasteiger partial charge is 0.236 e. The molecule has 0 aliphatic rings. The number of amides is 1. The van der Waals surface area contributed by atoms with E-state index in [0.717, 1.165) is 0 Å². The Morgan fingerprint density at radius 2 is 1.81 bits per heavy atom. The summed E-state index contributed by atoms with van der Waals surface area (Å²) < 4.78 is 21.7. The Balaban J connectivity index is 3.63. The Morgan fingerprint density at radius 1 is 1.25 bits per heavy atom. The maximum absolute atomic E-state index is 11.5. The first-order chi connectivity index (χ1) is 7.40. The van der Waals surface area contributed by atoms with Crippen molar-refractivity contribution in [3.05, 3.63) is 0 Å². The lowest BCUT2D eigenvalue weighted by Gasteiger charge is -2.18. The van der Waals surface area contributed by atoms with E-state index in [1.165, 1.54) is 6.26 Å². The molecule has 0 heterocycles. The number of rotatable bonds is 8. The summed E-state index contributed by atoms with van der Waals surface area (Å²) in [5.74, 6) is 0.226. The van der Waals surface area contributed by atoms with Crippen molar-refractivity contribution in [3.63, 3.8) is 0 Å². The summed E-state index contributed by atoms with van der Waals surface area (Å²) in [6.45, 7) is 6.13. The molecule has 0 unspecified atom stereocenters.